The summed E-state index contributed by atoms with van der Waals surface area (Å²) in [5.74, 6) is 0.853. The molecule has 8 heteroatoms. The zero-order valence-electron chi connectivity index (χ0n) is 21.2. The second kappa shape index (κ2) is 13.2. The Labute approximate surface area is 228 Å². The molecule has 4 aromatic carbocycles. The minimum atomic E-state index is -0.752. The average Bonchev–Trinajstić information content (AvgIpc) is 2.95. The van der Waals surface area contributed by atoms with Gasteiger partial charge in [-0.2, -0.15) is 0 Å². The molecule has 196 valence electrons. The van der Waals surface area contributed by atoms with Crippen LogP contribution < -0.4 is 25.8 Å². The normalized spacial score (nSPS) is 11.1. The van der Waals surface area contributed by atoms with E-state index in [4.69, 9.17) is 20.6 Å². The number of carbonyl (C=O) groups is 1. The van der Waals surface area contributed by atoms with E-state index in [1.165, 1.54) is 0 Å². The first kappa shape index (κ1) is 28.1. The van der Waals surface area contributed by atoms with Crippen molar-refractivity contribution in [1.29, 1.82) is 5.41 Å². The number of hydrogen-bond acceptors (Lipinski definition) is 5. The van der Waals surface area contributed by atoms with Crippen molar-refractivity contribution in [1.82, 2.24) is 5.32 Å². The lowest BCUT2D eigenvalue weighted by atomic mass is 9.97. The van der Waals surface area contributed by atoms with Crippen LogP contribution in [0.2, 0.25) is 0 Å². The van der Waals surface area contributed by atoms with Gasteiger partial charge in [0, 0.05) is 11.3 Å². The van der Waals surface area contributed by atoms with Gasteiger partial charge in [-0.3, -0.25) is 10.2 Å². The third kappa shape index (κ3) is 6.63. The molecule has 4 rings (SSSR count). The molecular weight excluding hydrogens is 500 g/mol. The lowest BCUT2D eigenvalue weighted by Crippen LogP contribution is -2.36. The van der Waals surface area contributed by atoms with Gasteiger partial charge in [0.25, 0.3) is 0 Å². The number of nitrogen functional groups attached to an aromatic ring is 1. The largest absolute Gasteiger partial charge is 0.493 e. The number of amides is 1. The first-order valence-electron chi connectivity index (χ1n) is 11.8. The molecule has 0 aliphatic heterocycles. The summed E-state index contributed by atoms with van der Waals surface area (Å²) in [6.07, 6.45) is 0. The minimum absolute atomic E-state index is 0. The van der Waals surface area contributed by atoms with Crippen LogP contribution in [0.3, 0.4) is 0 Å². The number of benzene rings is 4. The standard InChI is InChI=1S/C30H30N4O3.ClH/c1-36-25-18-15-23(19-26(25)37-2)28(33-24-16-13-22(14-17-24)29(31)32)30(35)34-27(20-9-5-3-6-10-20)21-11-7-4-8-12-21;/h3-19,27-28,33H,1-2H3,(H3,31,32)(H,34,35);1H/t28-;/m0./s1. The van der Waals surface area contributed by atoms with Gasteiger partial charge in [-0.15, -0.1) is 12.4 Å². The highest BCUT2D eigenvalue weighted by atomic mass is 35.5. The summed E-state index contributed by atoms with van der Waals surface area (Å²) >= 11 is 0. The Morgan fingerprint density at radius 2 is 1.32 bits per heavy atom. The van der Waals surface area contributed by atoms with Gasteiger partial charge in [-0.05, 0) is 53.1 Å². The molecule has 0 fully saturated rings. The lowest BCUT2D eigenvalue weighted by Gasteiger charge is -2.26. The topological polar surface area (TPSA) is 109 Å². The van der Waals surface area contributed by atoms with Crippen LogP contribution in [-0.4, -0.2) is 26.0 Å². The summed E-state index contributed by atoms with van der Waals surface area (Å²) in [5, 5.41) is 14.2. The van der Waals surface area contributed by atoms with E-state index >= 15 is 0 Å². The van der Waals surface area contributed by atoms with E-state index in [1.807, 2.05) is 66.7 Å². The summed E-state index contributed by atoms with van der Waals surface area (Å²) in [6, 6.07) is 31.1. The van der Waals surface area contributed by atoms with Gasteiger partial charge in [0.1, 0.15) is 11.9 Å². The number of hydrogen-bond donors (Lipinski definition) is 4. The van der Waals surface area contributed by atoms with Crippen molar-refractivity contribution in [2.75, 3.05) is 19.5 Å². The van der Waals surface area contributed by atoms with Crippen LogP contribution in [0, 0.1) is 5.41 Å². The van der Waals surface area contributed by atoms with Crippen LogP contribution >= 0.6 is 12.4 Å². The summed E-state index contributed by atoms with van der Waals surface area (Å²) in [6.45, 7) is 0. The van der Waals surface area contributed by atoms with Gasteiger partial charge in [0.15, 0.2) is 11.5 Å². The van der Waals surface area contributed by atoms with E-state index < -0.39 is 6.04 Å². The second-order valence-electron chi connectivity index (χ2n) is 8.45. The Bertz CT molecular complexity index is 1310. The first-order chi connectivity index (χ1) is 18.0. The molecule has 1 amide bonds. The highest BCUT2D eigenvalue weighted by Gasteiger charge is 2.26. The van der Waals surface area contributed by atoms with E-state index in [0.717, 1.165) is 11.1 Å². The highest BCUT2D eigenvalue weighted by molar-refractivity contribution is 5.95. The SMILES string of the molecule is COc1ccc([C@H](Nc2ccc(C(=N)N)cc2)C(=O)NC(c2ccccc2)c2ccccc2)cc1OC.Cl. The molecular formula is C30H31ClN4O3. The maximum absolute atomic E-state index is 13.9. The molecule has 0 unspecified atom stereocenters. The smallest absolute Gasteiger partial charge is 0.247 e. The van der Waals surface area contributed by atoms with E-state index in [-0.39, 0.29) is 30.2 Å². The summed E-state index contributed by atoms with van der Waals surface area (Å²) in [7, 11) is 3.13. The van der Waals surface area contributed by atoms with Gasteiger partial charge in [0.2, 0.25) is 5.91 Å². The van der Waals surface area contributed by atoms with Gasteiger partial charge in [-0.1, -0.05) is 66.7 Å². The lowest BCUT2D eigenvalue weighted by molar-refractivity contribution is -0.122. The Balaban J connectivity index is 0.00000400. The van der Waals surface area contributed by atoms with Crippen molar-refractivity contribution in [2.24, 2.45) is 5.73 Å². The van der Waals surface area contributed by atoms with Gasteiger partial charge >= 0.3 is 0 Å². The zero-order chi connectivity index (χ0) is 26.2. The van der Waals surface area contributed by atoms with Crippen LogP contribution in [0.15, 0.2) is 103 Å². The first-order valence-corrected chi connectivity index (χ1v) is 11.8. The molecule has 0 aromatic heterocycles. The Hall–Kier alpha value is -4.49. The molecule has 4 aromatic rings. The fourth-order valence-electron chi connectivity index (χ4n) is 4.12. The number of anilines is 1. The second-order valence-corrected chi connectivity index (χ2v) is 8.45. The van der Waals surface area contributed by atoms with Crippen molar-refractivity contribution in [3.8, 4) is 11.5 Å². The number of nitrogens with one attached hydrogen (secondary N) is 3. The quantitative estimate of drug-likeness (QED) is 0.160. The van der Waals surface area contributed by atoms with E-state index in [2.05, 4.69) is 10.6 Å². The van der Waals surface area contributed by atoms with Crippen molar-refractivity contribution >= 4 is 29.8 Å². The van der Waals surface area contributed by atoms with Crippen molar-refractivity contribution < 1.29 is 14.3 Å². The molecule has 0 saturated heterocycles. The van der Waals surface area contributed by atoms with Crippen LogP contribution in [0.1, 0.15) is 34.3 Å². The Morgan fingerprint density at radius 3 is 1.82 bits per heavy atom. The molecule has 38 heavy (non-hydrogen) atoms. The molecule has 1 atom stereocenters. The van der Waals surface area contributed by atoms with Gasteiger partial charge in [0.05, 0.1) is 20.3 Å². The van der Waals surface area contributed by atoms with Crippen LogP contribution in [0.5, 0.6) is 11.5 Å². The number of halogens is 1. The molecule has 0 radical (unpaired) electrons. The number of rotatable bonds is 10. The maximum Gasteiger partial charge on any atom is 0.247 e. The van der Waals surface area contributed by atoms with Gasteiger partial charge in [-0.25, -0.2) is 0 Å². The molecule has 0 saturated carbocycles. The number of amidine groups is 1. The number of carbonyl (C=O) groups excluding carboxylic acids is 1. The molecule has 0 heterocycles. The molecule has 0 bridgehead atoms. The third-order valence-electron chi connectivity index (χ3n) is 6.06. The molecule has 0 spiro atoms. The number of nitrogens with two attached hydrogens (primary N) is 1. The molecule has 0 aliphatic rings. The van der Waals surface area contributed by atoms with E-state index in [9.17, 15) is 4.79 Å². The summed E-state index contributed by atoms with van der Waals surface area (Å²) in [4.78, 5) is 13.9. The predicted molar refractivity (Wildman–Crippen MR) is 153 cm³/mol. The number of ether oxygens (including phenoxy) is 2. The van der Waals surface area contributed by atoms with Crippen LogP contribution in [-0.2, 0) is 4.79 Å². The summed E-state index contributed by atoms with van der Waals surface area (Å²) < 4.78 is 10.9. The number of methoxy groups -OCH3 is 2. The third-order valence-corrected chi connectivity index (χ3v) is 6.06. The zero-order valence-corrected chi connectivity index (χ0v) is 22.0. The Kier molecular flexibility index (Phi) is 9.73. The maximum atomic E-state index is 13.9. The van der Waals surface area contributed by atoms with Crippen molar-refractivity contribution in [3.63, 3.8) is 0 Å². The monoisotopic (exact) mass is 530 g/mol. The van der Waals surface area contributed by atoms with Crippen LogP contribution in [0.4, 0.5) is 5.69 Å². The van der Waals surface area contributed by atoms with Gasteiger partial charge < -0.3 is 25.8 Å². The molecule has 0 aliphatic carbocycles. The fraction of sp³-hybridized carbons (Fsp3) is 0.133. The van der Waals surface area contributed by atoms with E-state index in [1.54, 1.807) is 50.6 Å². The Morgan fingerprint density at radius 1 is 0.763 bits per heavy atom. The summed E-state index contributed by atoms with van der Waals surface area (Å²) in [5.41, 5.74) is 9.55. The van der Waals surface area contributed by atoms with Crippen molar-refractivity contribution in [3.05, 3.63) is 125 Å². The van der Waals surface area contributed by atoms with E-state index in [0.29, 0.717) is 28.3 Å². The fourth-order valence-corrected chi connectivity index (χ4v) is 4.12. The molecule has 7 nitrogen and oxygen atoms in total. The van der Waals surface area contributed by atoms with Crippen LogP contribution in [0.25, 0.3) is 0 Å². The predicted octanol–water partition coefficient (Wildman–Crippen LogP) is 5.47. The average molecular weight is 531 g/mol. The minimum Gasteiger partial charge on any atom is -0.493 e. The highest BCUT2D eigenvalue weighted by Crippen LogP contribution is 2.32. The molecule has 5 N–H and O–H groups in total. The van der Waals surface area contributed by atoms with Crippen molar-refractivity contribution in [2.45, 2.75) is 12.1 Å².